The van der Waals surface area contributed by atoms with Crippen LogP contribution >= 0.6 is 11.3 Å². The van der Waals surface area contributed by atoms with E-state index in [1.165, 1.54) is 6.07 Å². The topological polar surface area (TPSA) is 123 Å². The Labute approximate surface area is 158 Å². The summed E-state index contributed by atoms with van der Waals surface area (Å²) < 4.78 is 46.7. The molecule has 1 amide bonds. The third-order valence-electron chi connectivity index (χ3n) is 4.08. The van der Waals surface area contributed by atoms with Crippen LogP contribution in [0.4, 0.5) is 24.0 Å². The zero-order valence-electron chi connectivity index (χ0n) is 14.2. The first kappa shape index (κ1) is 19.5. The molecule has 28 heavy (non-hydrogen) atoms. The summed E-state index contributed by atoms with van der Waals surface area (Å²) in [5, 5.41) is 14.5. The summed E-state index contributed by atoms with van der Waals surface area (Å²) in [5.41, 5.74) is -4.73. The lowest BCUT2D eigenvalue weighted by atomic mass is 9.89. The summed E-state index contributed by atoms with van der Waals surface area (Å²) in [6.45, 7) is 1.14. The van der Waals surface area contributed by atoms with Gasteiger partial charge in [-0.05, 0) is 13.0 Å². The van der Waals surface area contributed by atoms with E-state index in [-0.39, 0.29) is 26.7 Å². The van der Waals surface area contributed by atoms with Crippen LogP contribution in [0.1, 0.15) is 6.92 Å². The summed E-state index contributed by atoms with van der Waals surface area (Å²) in [5.74, 6) is -2.85. The Morgan fingerprint density at radius 1 is 1.43 bits per heavy atom. The van der Waals surface area contributed by atoms with Crippen LogP contribution < -0.4 is 10.6 Å². The van der Waals surface area contributed by atoms with Crippen molar-refractivity contribution in [3.63, 3.8) is 0 Å². The number of esters is 1. The van der Waals surface area contributed by atoms with Crippen LogP contribution in [0.5, 0.6) is 0 Å². The van der Waals surface area contributed by atoms with Gasteiger partial charge in [0.1, 0.15) is 5.57 Å². The van der Waals surface area contributed by atoms with Crippen molar-refractivity contribution in [1.29, 1.82) is 0 Å². The number of rotatable bonds is 4. The molecule has 1 aliphatic heterocycles. The van der Waals surface area contributed by atoms with Gasteiger partial charge in [0.15, 0.2) is 5.13 Å². The fourth-order valence-electron chi connectivity index (χ4n) is 2.83. The van der Waals surface area contributed by atoms with Crippen LogP contribution in [0.25, 0.3) is 10.2 Å². The highest BCUT2D eigenvalue weighted by Gasteiger charge is 2.68. The van der Waals surface area contributed by atoms with E-state index in [0.717, 1.165) is 26.2 Å². The monoisotopic (exact) mass is 416 g/mol. The maximum Gasteiger partial charge on any atom is 0.425 e. The third-order valence-corrected chi connectivity index (χ3v) is 5.02. The highest BCUT2D eigenvalue weighted by molar-refractivity contribution is 7.22. The summed E-state index contributed by atoms with van der Waals surface area (Å²) in [6.07, 6.45) is -5.22. The quantitative estimate of drug-likeness (QED) is 0.446. The number of fused-ring (bicyclic) bond motifs is 1. The van der Waals surface area contributed by atoms with E-state index in [1.54, 1.807) is 0 Å². The number of carbonyl (C=O) groups excluding carboxylic acids is 2. The number of allylic oxidation sites excluding steroid dienone is 1. The number of nitrogens with one attached hydrogen (secondary N) is 2. The Hall–Kier alpha value is -3.22. The van der Waals surface area contributed by atoms with Crippen LogP contribution in [-0.4, -0.2) is 40.6 Å². The molecule has 1 aliphatic rings. The number of hydrogen-bond acceptors (Lipinski definition) is 8. The number of alkyl halides is 3. The number of anilines is 1. The predicted molar refractivity (Wildman–Crippen MR) is 91.5 cm³/mol. The van der Waals surface area contributed by atoms with Gasteiger partial charge < -0.3 is 15.4 Å². The molecule has 2 N–H and O–H groups in total. The van der Waals surface area contributed by atoms with E-state index in [9.17, 15) is 32.9 Å². The summed E-state index contributed by atoms with van der Waals surface area (Å²) in [4.78, 5) is 38.4. The normalized spacial score (nSPS) is 19.7. The van der Waals surface area contributed by atoms with Crippen molar-refractivity contribution in [1.82, 2.24) is 10.3 Å². The second-order valence-corrected chi connectivity index (χ2v) is 6.78. The molecule has 148 valence electrons. The Morgan fingerprint density at radius 3 is 2.68 bits per heavy atom. The van der Waals surface area contributed by atoms with Crippen molar-refractivity contribution in [2.45, 2.75) is 18.6 Å². The minimum atomic E-state index is -5.22. The summed E-state index contributed by atoms with van der Waals surface area (Å²) in [7, 11) is 0.892. The minimum Gasteiger partial charge on any atom is -0.466 e. The van der Waals surface area contributed by atoms with Gasteiger partial charge in [-0.3, -0.25) is 14.9 Å². The smallest absolute Gasteiger partial charge is 0.425 e. The van der Waals surface area contributed by atoms with Crippen LogP contribution in [0.2, 0.25) is 0 Å². The highest BCUT2D eigenvalue weighted by atomic mass is 32.1. The lowest BCUT2D eigenvalue weighted by molar-refractivity contribution is -0.384. The average Bonchev–Trinajstić information content (AvgIpc) is 3.11. The molecular formula is C15H11F3N4O5S. The van der Waals surface area contributed by atoms with Gasteiger partial charge in [0.25, 0.3) is 11.6 Å². The number of ether oxygens (including phenoxy) is 1. The van der Waals surface area contributed by atoms with E-state index in [0.29, 0.717) is 11.3 Å². The SMILES string of the molecule is COC(=O)C1=C(C)NC(=O)[C@@]1(Nc1nc2ccc([N+](=O)[O-])cc2s1)C(F)(F)F. The number of thiazole rings is 1. The zero-order valence-corrected chi connectivity index (χ0v) is 15.0. The molecule has 2 aromatic rings. The molecule has 0 saturated heterocycles. The molecule has 9 nitrogen and oxygen atoms in total. The van der Waals surface area contributed by atoms with E-state index >= 15 is 0 Å². The third kappa shape index (κ3) is 2.83. The van der Waals surface area contributed by atoms with Crippen molar-refractivity contribution in [3.8, 4) is 0 Å². The van der Waals surface area contributed by atoms with Gasteiger partial charge in [0.05, 0.1) is 22.2 Å². The number of nitro groups is 1. The molecule has 2 heterocycles. The van der Waals surface area contributed by atoms with Crippen molar-refractivity contribution in [2.75, 3.05) is 12.4 Å². The van der Waals surface area contributed by atoms with Crippen LogP contribution in [0, 0.1) is 10.1 Å². The largest absolute Gasteiger partial charge is 0.466 e. The van der Waals surface area contributed by atoms with Gasteiger partial charge in [-0.1, -0.05) is 11.3 Å². The van der Waals surface area contributed by atoms with E-state index in [1.807, 2.05) is 10.6 Å². The molecule has 0 fully saturated rings. The van der Waals surface area contributed by atoms with Crippen molar-refractivity contribution in [3.05, 3.63) is 39.6 Å². The molecule has 0 spiro atoms. The molecule has 0 radical (unpaired) electrons. The Kier molecular flexibility index (Phi) is 4.49. The van der Waals surface area contributed by atoms with Crippen molar-refractivity contribution < 1.29 is 32.4 Å². The fraction of sp³-hybridized carbons (Fsp3) is 0.267. The van der Waals surface area contributed by atoms with Gasteiger partial charge >= 0.3 is 12.1 Å². The number of halogens is 3. The first-order valence-electron chi connectivity index (χ1n) is 7.52. The zero-order chi connectivity index (χ0) is 20.9. The summed E-state index contributed by atoms with van der Waals surface area (Å²) >= 11 is 0.674. The van der Waals surface area contributed by atoms with E-state index in [4.69, 9.17) is 0 Å². The first-order chi connectivity index (χ1) is 13.0. The number of nitro benzene ring substituents is 1. The Bertz CT molecular complexity index is 1050. The number of aromatic nitrogens is 1. The number of amides is 1. The molecule has 1 atom stereocenters. The van der Waals surface area contributed by atoms with Crippen LogP contribution in [-0.2, 0) is 14.3 Å². The van der Waals surface area contributed by atoms with Gasteiger partial charge in [0.2, 0.25) is 5.54 Å². The molecule has 1 aromatic carbocycles. The molecule has 13 heteroatoms. The number of nitrogens with zero attached hydrogens (tertiary/aromatic N) is 2. The number of hydrogen-bond donors (Lipinski definition) is 2. The van der Waals surface area contributed by atoms with Crippen molar-refractivity contribution in [2.24, 2.45) is 0 Å². The maximum atomic E-state index is 14.0. The van der Waals surface area contributed by atoms with E-state index < -0.39 is 34.1 Å². The highest BCUT2D eigenvalue weighted by Crippen LogP contribution is 2.45. The van der Waals surface area contributed by atoms with Crippen LogP contribution in [0.15, 0.2) is 29.5 Å². The summed E-state index contributed by atoms with van der Waals surface area (Å²) in [6, 6.07) is 3.57. The number of non-ortho nitro benzene ring substituents is 1. The molecular weight excluding hydrogens is 405 g/mol. The second-order valence-electron chi connectivity index (χ2n) is 5.75. The van der Waals surface area contributed by atoms with Gasteiger partial charge in [0, 0.05) is 17.8 Å². The number of benzene rings is 1. The molecule has 3 rings (SSSR count). The molecule has 0 unspecified atom stereocenters. The number of methoxy groups -OCH3 is 1. The fourth-order valence-corrected chi connectivity index (χ4v) is 3.79. The van der Waals surface area contributed by atoms with Gasteiger partial charge in [-0.25, -0.2) is 9.78 Å². The van der Waals surface area contributed by atoms with Gasteiger partial charge in [-0.2, -0.15) is 13.2 Å². The maximum absolute atomic E-state index is 14.0. The van der Waals surface area contributed by atoms with Gasteiger partial charge in [-0.15, -0.1) is 0 Å². The van der Waals surface area contributed by atoms with Crippen LogP contribution in [0.3, 0.4) is 0 Å². The lowest BCUT2D eigenvalue weighted by Gasteiger charge is -2.31. The Morgan fingerprint density at radius 2 is 2.11 bits per heavy atom. The first-order valence-corrected chi connectivity index (χ1v) is 8.34. The van der Waals surface area contributed by atoms with E-state index in [2.05, 4.69) is 9.72 Å². The predicted octanol–water partition coefficient (Wildman–Crippen LogP) is 2.49. The minimum absolute atomic E-state index is 0.189. The van der Waals surface area contributed by atoms with Crippen molar-refractivity contribution >= 4 is 44.2 Å². The molecule has 0 bridgehead atoms. The second kappa shape index (κ2) is 6.44. The lowest BCUT2D eigenvalue weighted by Crippen LogP contribution is -2.60. The standard InChI is InChI=1S/C15H11F3N4O5S/c1-6-10(11(23)27-2)14(12(24)19-6,15(16,17)18)21-13-20-8-4-3-7(22(25)26)5-9(8)28-13/h3-5H,1-2H3,(H,19,24)(H,20,21)/t14-/m1/s1. The Balaban J connectivity index is 2.14. The molecule has 0 saturated carbocycles. The number of carbonyl (C=O) groups is 2. The molecule has 1 aromatic heterocycles. The average molecular weight is 416 g/mol. The molecule has 0 aliphatic carbocycles.